The number of carbonyl (C=O) groups is 1. The van der Waals surface area contributed by atoms with Crippen molar-refractivity contribution < 1.29 is 9.53 Å². The summed E-state index contributed by atoms with van der Waals surface area (Å²) in [5.41, 5.74) is 0.685. The first-order valence-corrected chi connectivity index (χ1v) is 8.32. The van der Waals surface area contributed by atoms with E-state index in [4.69, 9.17) is 4.74 Å². The first-order chi connectivity index (χ1) is 10.2. The van der Waals surface area contributed by atoms with Gasteiger partial charge in [-0.1, -0.05) is 44.4 Å². The van der Waals surface area contributed by atoms with Crippen LogP contribution in [0.5, 0.6) is 0 Å². The van der Waals surface area contributed by atoms with Gasteiger partial charge in [0.2, 0.25) is 0 Å². The molecule has 0 aromatic heterocycles. The Morgan fingerprint density at radius 1 is 0.905 bits per heavy atom. The van der Waals surface area contributed by atoms with Crippen LogP contribution in [0.4, 0.5) is 0 Å². The maximum atomic E-state index is 11.7. The third-order valence-electron chi connectivity index (χ3n) is 4.24. The molecule has 1 fully saturated rings. The van der Waals surface area contributed by atoms with E-state index < -0.39 is 0 Å². The van der Waals surface area contributed by atoms with Crippen LogP contribution in [-0.2, 0) is 9.53 Å². The van der Waals surface area contributed by atoms with Gasteiger partial charge in [0.1, 0.15) is 6.10 Å². The van der Waals surface area contributed by atoms with Gasteiger partial charge in [0.15, 0.2) is 0 Å². The number of allylic oxidation sites excluding steroid dienone is 2. The molecule has 0 radical (unpaired) electrons. The second-order valence-corrected chi connectivity index (χ2v) is 5.93. The summed E-state index contributed by atoms with van der Waals surface area (Å²) in [4.78, 5) is 11.7. The zero-order valence-electron chi connectivity index (χ0n) is 13.3. The summed E-state index contributed by atoms with van der Waals surface area (Å²) in [6.07, 6.45) is 15.2. The summed E-state index contributed by atoms with van der Waals surface area (Å²) >= 11 is 0. The van der Waals surface area contributed by atoms with Crippen molar-refractivity contribution in [1.29, 1.82) is 0 Å². The summed E-state index contributed by atoms with van der Waals surface area (Å²) < 4.78 is 5.46. The molecule has 0 N–H and O–H groups in total. The van der Waals surface area contributed by atoms with Crippen LogP contribution in [0, 0.1) is 5.92 Å². The summed E-state index contributed by atoms with van der Waals surface area (Å²) in [5.74, 6) is 0.0464. The molecule has 0 saturated carbocycles. The van der Waals surface area contributed by atoms with Gasteiger partial charge in [0, 0.05) is 11.5 Å². The molecule has 0 aliphatic carbocycles. The monoisotopic (exact) mass is 290 g/mol. The van der Waals surface area contributed by atoms with Gasteiger partial charge in [-0.25, -0.2) is 4.79 Å². The second kappa shape index (κ2) is 10.4. The Balaban J connectivity index is 2.25. The topological polar surface area (TPSA) is 26.3 Å². The predicted molar refractivity (Wildman–Crippen MR) is 89.1 cm³/mol. The number of unbranched alkanes of at least 4 members (excludes halogenated alkanes) is 6. The van der Waals surface area contributed by atoms with Crippen molar-refractivity contribution >= 4 is 5.97 Å². The molecule has 0 amide bonds. The van der Waals surface area contributed by atoms with Gasteiger partial charge in [-0.15, -0.1) is 13.2 Å². The molecule has 2 heteroatoms. The molecule has 0 aromatic rings. The van der Waals surface area contributed by atoms with Gasteiger partial charge >= 0.3 is 5.97 Å². The van der Waals surface area contributed by atoms with Crippen LogP contribution in [-0.4, -0.2) is 12.1 Å². The van der Waals surface area contributed by atoms with E-state index in [9.17, 15) is 4.79 Å². The van der Waals surface area contributed by atoms with E-state index in [1.54, 1.807) is 0 Å². The average Bonchev–Trinajstić information content (AvgIpc) is 2.74. The first-order valence-electron chi connectivity index (χ1n) is 8.32. The lowest BCUT2D eigenvalue weighted by Gasteiger charge is -2.17. The maximum Gasteiger partial charge on any atom is 0.334 e. The SMILES string of the molecule is C=CCCCCCCC[C@H]1C(=C)C(=O)O[C@H]1CCCC=C. The molecule has 21 heavy (non-hydrogen) atoms. The summed E-state index contributed by atoms with van der Waals surface area (Å²) in [7, 11) is 0. The molecule has 1 rings (SSSR count). The van der Waals surface area contributed by atoms with Gasteiger partial charge in [-0.05, 0) is 38.5 Å². The van der Waals surface area contributed by atoms with Crippen LogP contribution >= 0.6 is 0 Å². The molecule has 1 saturated heterocycles. The molecule has 2 atom stereocenters. The van der Waals surface area contributed by atoms with E-state index in [-0.39, 0.29) is 18.0 Å². The van der Waals surface area contributed by atoms with E-state index in [1.807, 2.05) is 12.2 Å². The summed E-state index contributed by atoms with van der Waals surface area (Å²) in [6, 6.07) is 0. The highest BCUT2D eigenvalue weighted by Crippen LogP contribution is 2.33. The van der Waals surface area contributed by atoms with Crippen molar-refractivity contribution in [3.63, 3.8) is 0 Å². The van der Waals surface area contributed by atoms with E-state index in [2.05, 4.69) is 19.7 Å². The number of hydrogen-bond acceptors (Lipinski definition) is 2. The van der Waals surface area contributed by atoms with E-state index in [0.29, 0.717) is 5.57 Å². The van der Waals surface area contributed by atoms with Crippen LogP contribution in [0.2, 0.25) is 0 Å². The number of cyclic esters (lactones) is 1. The lowest BCUT2D eigenvalue weighted by Crippen LogP contribution is -2.16. The molecule has 1 heterocycles. The zero-order valence-corrected chi connectivity index (χ0v) is 13.3. The van der Waals surface area contributed by atoms with Crippen LogP contribution in [0.3, 0.4) is 0 Å². The van der Waals surface area contributed by atoms with Crippen molar-refractivity contribution in [2.24, 2.45) is 5.92 Å². The smallest absolute Gasteiger partial charge is 0.334 e. The first kappa shape index (κ1) is 17.7. The van der Waals surface area contributed by atoms with Crippen molar-refractivity contribution in [3.05, 3.63) is 37.5 Å². The molecule has 0 bridgehead atoms. The van der Waals surface area contributed by atoms with Crippen LogP contribution in [0.1, 0.15) is 64.2 Å². The fraction of sp³-hybridized carbons (Fsp3) is 0.632. The number of esters is 1. The molecule has 0 spiro atoms. The standard InChI is InChI=1S/C19H30O2/c1-4-6-8-9-10-11-13-14-17-16(3)19(20)21-18(17)15-12-7-5-2/h4-5,17-18H,1-3,6-15H2/t17-,18-/m0/s1. The van der Waals surface area contributed by atoms with Crippen molar-refractivity contribution in [3.8, 4) is 0 Å². The zero-order chi connectivity index (χ0) is 15.5. The number of rotatable bonds is 12. The van der Waals surface area contributed by atoms with Crippen LogP contribution in [0.15, 0.2) is 37.5 Å². The van der Waals surface area contributed by atoms with Crippen LogP contribution in [0.25, 0.3) is 0 Å². The van der Waals surface area contributed by atoms with E-state index in [0.717, 1.165) is 38.5 Å². The van der Waals surface area contributed by atoms with Crippen molar-refractivity contribution in [1.82, 2.24) is 0 Å². The maximum absolute atomic E-state index is 11.7. The van der Waals surface area contributed by atoms with Gasteiger partial charge in [0.25, 0.3) is 0 Å². The highest BCUT2D eigenvalue weighted by Gasteiger charge is 2.37. The quantitative estimate of drug-likeness (QED) is 0.209. The van der Waals surface area contributed by atoms with Crippen LogP contribution < -0.4 is 0 Å². The summed E-state index contributed by atoms with van der Waals surface area (Å²) in [5, 5.41) is 0. The van der Waals surface area contributed by atoms with Crippen molar-refractivity contribution in [2.45, 2.75) is 70.3 Å². The van der Waals surface area contributed by atoms with E-state index in [1.165, 1.54) is 25.7 Å². The average molecular weight is 290 g/mol. The second-order valence-electron chi connectivity index (χ2n) is 5.93. The Bertz CT molecular complexity index is 357. The molecule has 0 unspecified atom stereocenters. The molecular formula is C19H30O2. The molecule has 1 aliphatic rings. The Hall–Kier alpha value is -1.31. The minimum absolute atomic E-state index is 0.0470. The molecule has 118 valence electrons. The molecule has 1 aliphatic heterocycles. The lowest BCUT2D eigenvalue weighted by atomic mass is 9.88. The van der Waals surface area contributed by atoms with Gasteiger partial charge < -0.3 is 4.74 Å². The predicted octanol–water partition coefficient (Wildman–Crippen LogP) is 5.36. The molecule has 0 aromatic carbocycles. The Morgan fingerprint density at radius 2 is 1.52 bits per heavy atom. The molecule has 2 nitrogen and oxygen atoms in total. The highest BCUT2D eigenvalue weighted by molar-refractivity contribution is 5.90. The third kappa shape index (κ3) is 6.33. The fourth-order valence-electron chi connectivity index (χ4n) is 2.94. The largest absolute Gasteiger partial charge is 0.458 e. The van der Waals surface area contributed by atoms with Gasteiger partial charge in [-0.2, -0.15) is 0 Å². The Morgan fingerprint density at radius 3 is 2.24 bits per heavy atom. The molecular weight excluding hydrogens is 260 g/mol. The van der Waals surface area contributed by atoms with Gasteiger partial charge in [-0.3, -0.25) is 0 Å². The Kier molecular flexibility index (Phi) is 8.80. The van der Waals surface area contributed by atoms with E-state index >= 15 is 0 Å². The minimum atomic E-state index is -0.186. The van der Waals surface area contributed by atoms with Gasteiger partial charge in [0.05, 0.1) is 0 Å². The summed E-state index contributed by atoms with van der Waals surface area (Å²) in [6.45, 7) is 11.4. The normalized spacial score (nSPS) is 21.3. The third-order valence-corrected chi connectivity index (χ3v) is 4.24. The number of hydrogen-bond donors (Lipinski definition) is 0. The fourth-order valence-corrected chi connectivity index (χ4v) is 2.94. The minimum Gasteiger partial charge on any atom is -0.458 e. The highest BCUT2D eigenvalue weighted by atomic mass is 16.6. The number of ether oxygens (including phenoxy) is 1. The number of carbonyl (C=O) groups excluding carboxylic acids is 1. The Labute approximate surface area is 130 Å². The lowest BCUT2D eigenvalue weighted by molar-refractivity contribution is -0.139. The van der Waals surface area contributed by atoms with Crippen molar-refractivity contribution in [2.75, 3.05) is 0 Å².